The maximum absolute atomic E-state index is 15.0. The van der Waals surface area contributed by atoms with Crippen LogP contribution in [0.2, 0.25) is 0 Å². The van der Waals surface area contributed by atoms with Gasteiger partial charge < -0.3 is 54.4 Å². The van der Waals surface area contributed by atoms with E-state index in [1.165, 1.54) is 37.4 Å². The molecule has 8 unspecified atom stereocenters. The summed E-state index contributed by atoms with van der Waals surface area (Å²) in [6.07, 6.45) is -2.69. The molecule has 2 aromatic heterocycles. The van der Waals surface area contributed by atoms with E-state index in [9.17, 15) is 30.0 Å². The van der Waals surface area contributed by atoms with Gasteiger partial charge in [0, 0.05) is 68.9 Å². The molecule has 2 bridgehead atoms. The van der Waals surface area contributed by atoms with Crippen LogP contribution in [0.25, 0.3) is 21.8 Å². The van der Waals surface area contributed by atoms with Crippen LogP contribution in [0.3, 0.4) is 0 Å². The minimum absolute atomic E-state index is 0.0128. The highest BCUT2D eigenvalue weighted by Crippen LogP contribution is 2.47. The molecule has 2 saturated heterocycles. The minimum Gasteiger partial charge on any atom is -0.508 e. The second kappa shape index (κ2) is 19.6. The molecule has 2 fully saturated rings. The molecule has 1 amide bonds. The minimum atomic E-state index is -2.90. The lowest BCUT2D eigenvalue weighted by Gasteiger charge is -2.51. The molecular weight excluding hydrogens is 865 g/mol. The number of benzene rings is 1. The van der Waals surface area contributed by atoms with Crippen LogP contribution < -0.4 is 10.6 Å². The van der Waals surface area contributed by atoms with Crippen LogP contribution in [0.5, 0.6) is 5.75 Å². The van der Waals surface area contributed by atoms with Crippen molar-refractivity contribution >= 4 is 61.8 Å². The quantitative estimate of drug-likeness (QED) is 0.0872. The average Bonchev–Trinajstić information content (AvgIpc) is 3.63. The molecule has 3 aromatic rings. The highest BCUT2D eigenvalue weighted by Gasteiger charge is 2.60. The number of hydrogen-bond acceptors (Lipinski definition) is 16. The van der Waals surface area contributed by atoms with Gasteiger partial charge in [-0.3, -0.25) is 19.9 Å². The van der Waals surface area contributed by atoms with Crippen LogP contribution in [0, 0.1) is 35.0 Å². The lowest BCUT2D eigenvalue weighted by atomic mass is 9.70. The average molecular weight is 917 g/mol. The number of aliphatic hydroxyl groups excluding tert-OH is 1. The van der Waals surface area contributed by atoms with Crippen molar-refractivity contribution in [2.24, 2.45) is 11.3 Å². The van der Waals surface area contributed by atoms with Gasteiger partial charge in [0.2, 0.25) is 0 Å². The summed E-state index contributed by atoms with van der Waals surface area (Å²) in [5.41, 5.74) is -3.98. The lowest BCUT2D eigenvalue weighted by molar-refractivity contribution is -0.363. The van der Waals surface area contributed by atoms with E-state index in [1.54, 1.807) is 32.0 Å². The third-order valence-corrected chi connectivity index (χ3v) is 12.0. The van der Waals surface area contributed by atoms with Gasteiger partial charge in [0.25, 0.3) is 5.79 Å². The number of phenolic OH excluding ortho intramolecular Hbond substituents is 1. The summed E-state index contributed by atoms with van der Waals surface area (Å²) in [6, 6.07) is 6.64. The van der Waals surface area contributed by atoms with E-state index in [4.69, 9.17) is 23.7 Å². The van der Waals surface area contributed by atoms with Gasteiger partial charge in [-0.1, -0.05) is 51.5 Å². The Morgan fingerprint density at radius 3 is 2.52 bits per heavy atom. The number of H-pyrrole nitrogens is 1. The Bertz CT molecular complexity index is 2540. The highest BCUT2D eigenvalue weighted by atomic mass is 32.8. The highest BCUT2D eigenvalue weighted by molar-refractivity contribution is 8.07. The van der Waals surface area contributed by atoms with E-state index in [2.05, 4.69) is 66.7 Å². The number of aromatic nitrogens is 2. The predicted octanol–water partition coefficient (Wildman–Crippen LogP) is 3.78. The molecule has 2 aliphatic carbocycles. The molecule has 16 nitrogen and oxygen atoms in total. The summed E-state index contributed by atoms with van der Waals surface area (Å²) >= 11 is 7.33. The van der Waals surface area contributed by atoms with Gasteiger partial charge >= 0.3 is 6.09 Å². The fourth-order valence-corrected chi connectivity index (χ4v) is 8.59. The van der Waals surface area contributed by atoms with Crippen molar-refractivity contribution in [3.05, 3.63) is 71.2 Å². The summed E-state index contributed by atoms with van der Waals surface area (Å²) in [6.45, 7) is 11.2. The maximum Gasteiger partial charge on any atom is 0.411 e. The Kier molecular flexibility index (Phi) is 14.9. The number of carbonyl (C=O) groups is 3. The summed E-state index contributed by atoms with van der Waals surface area (Å²) in [5.74, 6) is 6.40. The first-order valence-electron chi connectivity index (χ1n) is 20.8. The van der Waals surface area contributed by atoms with Gasteiger partial charge in [-0.2, -0.15) is 0 Å². The molecule has 0 radical (unpaired) electrons. The maximum atomic E-state index is 15.0. The standard InChI is InChI=1S/C46H52N4O12.S2/c1-8-13-30-35-37(50-43(55)58-7)33(52)22-45(30,56)17-11-9-10-12-18-46(35,57)62-42-39(61-34-20-25(4)32(23-59-34)48-24(2)3)41(54)44(6,26(5)60-42)40(53)38-36-28(16-19-47-38)29-21-27(51)14-15-31(29)49-36;1-2/h9-10,13-16,19,21,24-26,32,34,39,41-42,48-49,51,54,56-57H,8,20,22-23H2,1-7H3,(H,50,55);/b10-9-,30-13+;/t25?,26?,32?,34?,39?,41?,42?,44?,45-,46-;/m0./s1. The van der Waals surface area contributed by atoms with Crippen LogP contribution in [0.4, 0.5) is 4.79 Å². The first-order valence-corrected chi connectivity index (χ1v) is 22.1. The molecule has 4 heterocycles. The number of alkyl carbamates (subject to hydrolysis) is 1. The van der Waals surface area contributed by atoms with Crippen LogP contribution in [-0.4, -0.2) is 116 Å². The number of Topliss-reactive ketones (excluding diaryl/α,β-unsaturated/α-hetero) is 2. The van der Waals surface area contributed by atoms with E-state index in [1.807, 2.05) is 20.8 Å². The Labute approximate surface area is 380 Å². The summed E-state index contributed by atoms with van der Waals surface area (Å²) < 4.78 is 30.6. The fraction of sp³-hybridized carbons (Fsp3) is 0.478. The van der Waals surface area contributed by atoms with Crippen molar-refractivity contribution in [1.29, 1.82) is 0 Å². The van der Waals surface area contributed by atoms with Gasteiger partial charge in [0.05, 0.1) is 48.4 Å². The number of rotatable bonds is 10. The number of fused-ring (bicyclic) bond motifs is 5. The molecular formula is C46H52N4O12S2. The summed E-state index contributed by atoms with van der Waals surface area (Å²) in [4.78, 5) is 49.3. The third kappa shape index (κ3) is 9.27. The van der Waals surface area contributed by atoms with Crippen molar-refractivity contribution in [3.8, 4) is 29.4 Å². The Hall–Kier alpha value is -4.96. The topological polar surface area (TPSA) is 231 Å². The molecule has 10 atom stereocenters. The molecule has 0 spiro atoms. The van der Waals surface area contributed by atoms with Crippen LogP contribution in [0.15, 0.2) is 65.5 Å². The first-order chi connectivity index (χ1) is 30.4. The fourth-order valence-electron chi connectivity index (χ4n) is 8.59. The van der Waals surface area contributed by atoms with Gasteiger partial charge in [-0.15, -0.1) is 0 Å². The zero-order valence-corrected chi connectivity index (χ0v) is 38.0. The molecule has 7 N–H and O–H groups in total. The second-order valence-electron chi connectivity index (χ2n) is 16.6. The Balaban J connectivity index is 0.00000335. The van der Waals surface area contributed by atoms with E-state index in [0.717, 1.165) is 7.11 Å². The second-order valence-corrected chi connectivity index (χ2v) is 16.6. The molecule has 64 heavy (non-hydrogen) atoms. The number of nitrogens with zero attached hydrogens (tertiary/aromatic N) is 1. The molecule has 2 aliphatic heterocycles. The van der Waals surface area contributed by atoms with E-state index < -0.39 is 83.0 Å². The van der Waals surface area contributed by atoms with Crippen LogP contribution in [-0.2, 0) is 50.9 Å². The zero-order valence-electron chi connectivity index (χ0n) is 36.4. The molecule has 18 heteroatoms. The molecule has 4 aliphatic rings. The van der Waals surface area contributed by atoms with Gasteiger partial charge in [0.1, 0.15) is 23.7 Å². The largest absolute Gasteiger partial charge is 0.508 e. The van der Waals surface area contributed by atoms with Crippen molar-refractivity contribution < 1.29 is 58.5 Å². The number of pyridine rings is 1. The van der Waals surface area contributed by atoms with Crippen molar-refractivity contribution in [2.45, 2.75) is 115 Å². The number of carbonyl (C=O) groups excluding carboxylic acids is 3. The summed E-state index contributed by atoms with van der Waals surface area (Å²) in [7, 11) is 1.09. The number of hydrogen-bond donors (Lipinski definition) is 7. The van der Waals surface area contributed by atoms with Gasteiger partial charge in [0.15, 0.2) is 29.7 Å². The SMILES string of the molecule is CC/C=C1\C2=C(NC(=O)OC)C(=O)C[C@@]1(O)C#C/C=C\C#C[C@]2(O)OC1OC(C)C(C)(C(=O)c2nccc3c2[nH]c2ccc(O)cc23)C(O)C1OC1CC(C)C(NC(C)C)CO1.S=S. The number of nitrogens with one attached hydrogen (secondary N) is 3. The lowest BCUT2D eigenvalue weighted by Crippen LogP contribution is -2.66. The number of aromatic amines is 1. The van der Waals surface area contributed by atoms with Crippen molar-refractivity contribution in [1.82, 2.24) is 20.6 Å². The molecule has 1 aromatic carbocycles. The van der Waals surface area contributed by atoms with E-state index in [-0.39, 0.29) is 48.0 Å². The van der Waals surface area contributed by atoms with Crippen LogP contribution in [0.1, 0.15) is 71.3 Å². The Morgan fingerprint density at radius 2 is 1.84 bits per heavy atom. The predicted molar refractivity (Wildman–Crippen MR) is 239 cm³/mol. The van der Waals surface area contributed by atoms with E-state index >= 15 is 4.79 Å². The van der Waals surface area contributed by atoms with Gasteiger partial charge in [-0.25, -0.2) is 4.79 Å². The smallest absolute Gasteiger partial charge is 0.411 e. The molecule has 7 rings (SSSR count). The molecule has 0 saturated carbocycles. The number of methoxy groups -OCH3 is 1. The van der Waals surface area contributed by atoms with Crippen molar-refractivity contribution in [3.63, 3.8) is 0 Å². The Morgan fingerprint density at radius 1 is 1.12 bits per heavy atom. The number of ether oxygens (including phenoxy) is 5. The monoisotopic (exact) mass is 916 g/mol. The normalized spacial score (nSPS) is 32.5. The number of aromatic hydroxyl groups is 1. The number of phenols is 1. The number of aliphatic hydroxyl groups is 3. The summed E-state index contributed by atoms with van der Waals surface area (Å²) in [5, 5.41) is 54.9. The first kappa shape index (κ1) is 48.5. The molecule has 340 valence electrons. The van der Waals surface area contributed by atoms with Crippen LogP contribution >= 0.6 is 0 Å². The number of allylic oxidation sites excluding steroid dienone is 4. The zero-order chi connectivity index (χ0) is 46.7. The third-order valence-electron chi connectivity index (χ3n) is 12.0. The van der Waals surface area contributed by atoms with Crippen molar-refractivity contribution in [2.75, 3.05) is 13.7 Å². The van der Waals surface area contributed by atoms with Gasteiger partial charge in [-0.05, 0) is 68.5 Å². The number of ketones is 2. The van der Waals surface area contributed by atoms with E-state index in [0.29, 0.717) is 28.2 Å². The number of amides is 1.